The number of thioether (sulfide) groups is 1. The predicted molar refractivity (Wildman–Crippen MR) is 76.9 cm³/mol. The van der Waals surface area contributed by atoms with Crippen molar-refractivity contribution < 1.29 is 14.4 Å². The standard InChI is InChI=1S/C12H10N2O3S2/c1-6-2-4-7(5-3-6)13-10(16)9(15)8-11(17)19-12(18)14-8/h2-5,8H,1H3,(H,13,16)(H,14,18)/t8-/m1/s1. The van der Waals surface area contributed by atoms with Crippen LogP contribution in [0.3, 0.4) is 0 Å². The fraction of sp³-hybridized carbons (Fsp3) is 0.167. The number of thiocarbonyl (C=S) groups is 1. The first-order valence-corrected chi connectivity index (χ1v) is 6.64. The number of hydrogen-bond donors (Lipinski definition) is 2. The summed E-state index contributed by atoms with van der Waals surface area (Å²) >= 11 is 5.53. The Morgan fingerprint density at radius 2 is 1.95 bits per heavy atom. The summed E-state index contributed by atoms with van der Waals surface area (Å²) in [5.41, 5.74) is 1.54. The molecule has 7 heteroatoms. The minimum Gasteiger partial charge on any atom is -0.353 e. The van der Waals surface area contributed by atoms with Gasteiger partial charge in [0.15, 0.2) is 6.04 Å². The van der Waals surface area contributed by atoms with Gasteiger partial charge in [0.25, 0.3) is 11.7 Å². The van der Waals surface area contributed by atoms with Gasteiger partial charge in [-0.25, -0.2) is 0 Å². The van der Waals surface area contributed by atoms with Gasteiger partial charge in [-0.2, -0.15) is 0 Å². The quantitative estimate of drug-likeness (QED) is 0.492. The number of Topliss-reactive ketones (excluding diaryl/α,β-unsaturated/α-hetero) is 1. The minimum absolute atomic E-state index is 0.214. The molecule has 0 aromatic heterocycles. The lowest BCUT2D eigenvalue weighted by atomic mass is 10.2. The van der Waals surface area contributed by atoms with Crippen molar-refractivity contribution in [3.63, 3.8) is 0 Å². The van der Waals surface area contributed by atoms with Crippen LogP contribution in [-0.2, 0) is 14.4 Å². The maximum atomic E-state index is 11.8. The largest absolute Gasteiger partial charge is 0.353 e. The molecule has 0 aliphatic carbocycles. The third kappa shape index (κ3) is 3.18. The lowest BCUT2D eigenvalue weighted by Gasteiger charge is -2.08. The Hall–Kier alpha value is -1.73. The monoisotopic (exact) mass is 294 g/mol. The number of aryl methyl sites for hydroxylation is 1. The zero-order valence-corrected chi connectivity index (χ0v) is 11.6. The molecular formula is C12H10N2O3S2. The van der Waals surface area contributed by atoms with Crippen LogP contribution in [-0.4, -0.2) is 27.2 Å². The van der Waals surface area contributed by atoms with Gasteiger partial charge in [0.2, 0.25) is 5.12 Å². The van der Waals surface area contributed by atoms with Gasteiger partial charge in [-0.3, -0.25) is 14.4 Å². The van der Waals surface area contributed by atoms with Crippen molar-refractivity contribution in [2.24, 2.45) is 0 Å². The molecule has 2 rings (SSSR count). The lowest BCUT2D eigenvalue weighted by Crippen LogP contribution is -2.43. The molecular weight excluding hydrogens is 284 g/mol. The molecule has 1 aromatic rings. The van der Waals surface area contributed by atoms with E-state index >= 15 is 0 Å². The Bertz CT molecular complexity index is 569. The van der Waals surface area contributed by atoms with Crippen LogP contribution in [0.2, 0.25) is 0 Å². The molecule has 0 saturated carbocycles. The normalized spacial score (nSPS) is 18.1. The maximum Gasteiger partial charge on any atom is 0.294 e. The molecule has 0 spiro atoms. The summed E-state index contributed by atoms with van der Waals surface area (Å²) in [7, 11) is 0. The highest BCUT2D eigenvalue weighted by Gasteiger charge is 2.38. The van der Waals surface area contributed by atoms with Crippen LogP contribution in [0.15, 0.2) is 24.3 Å². The fourth-order valence-electron chi connectivity index (χ4n) is 1.49. The van der Waals surface area contributed by atoms with Gasteiger partial charge in [0, 0.05) is 5.69 Å². The van der Waals surface area contributed by atoms with Crippen LogP contribution < -0.4 is 10.6 Å². The van der Waals surface area contributed by atoms with E-state index in [9.17, 15) is 14.4 Å². The summed E-state index contributed by atoms with van der Waals surface area (Å²) in [5.74, 6) is -1.67. The van der Waals surface area contributed by atoms with Gasteiger partial charge >= 0.3 is 0 Å². The Labute approximate surface area is 119 Å². The molecule has 98 valence electrons. The highest BCUT2D eigenvalue weighted by molar-refractivity contribution is 8.33. The average Bonchev–Trinajstić information content (AvgIpc) is 2.70. The van der Waals surface area contributed by atoms with E-state index in [0.29, 0.717) is 5.69 Å². The van der Waals surface area contributed by atoms with Gasteiger partial charge in [-0.05, 0) is 30.8 Å². The maximum absolute atomic E-state index is 11.8. The Balaban J connectivity index is 2.04. The number of benzene rings is 1. The second-order valence-corrected chi connectivity index (χ2v) is 5.65. The predicted octanol–water partition coefficient (Wildman–Crippen LogP) is 1.02. The van der Waals surface area contributed by atoms with Crippen molar-refractivity contribution in [2.45, 2.75) is 13.0 Å². The zero-order chi connectivity index (χ0) is 14.0. The summed E-state index contributed by atoms with van der Waals surface area (Å²) in [4.78, 5) is 35.0. The van der Waals surface area contributed by atoms with Crippen molar-refractivity contribution in [3.05, 3.63) is 29.8 Å². The van der Waals surface area contributed by atoms with E-state index in [4.69, 9.17) is 12.2 Å². The number of anilines is 1. The first kappa shape index (κ1) is 13.7. The molecule has 0 radical (unpaired) electrons. The molecule has 1 atom stereocenters. The first-order valence-electron chi connectivity index (χ1n) is 5.41. The molecule has 0 bridgehead atoms. The smallest absolute Gasteiger partial charge is 0.294 e. The summed E-state index contributed by atoms with van der Waals surface area (Å²) in [6.07, 6.45) is 0. The average molecular weight is 294 g/mol. The molecule has 1 aliphatic rings. The van der Waals surface area contributed by atoms with Gasteiger partial charge in [0.05, 0.1) is 0 Å². The van der Waals surface area contributed by atoms with Crippen LogP contribution in [0.1, 0.15) is 5.56 Å². The molecule has 1 amide bonds. The molecule has 19 heavy (non-hydrogen) atoms. The number of carbonyl (C=O) groups excluding carboxylic acids is 3. The van der Waals surface area contributed by atoms with Gasteiger partial charge in [0.1, 0.15) is 4.32 Å². The third-order valence-electron chi connectivity index (χ3n) is 2.49. The number of amides is 1. The third-order valence-corrected chi connectivity index (χ3v) is 3.59. The molecule has 1 aliphatic heterocycles. The highest BCUT2D eigenvalue weighted by Crippen LogP contribution is 2.17. The Morgan fingerprint density at radius 1 is 1.32 bits per heavy atom. The number of rotatable bonds is 3. The van der Waals surface area contributed by atoms with E-state index in [1.807, 2.05) is 19.1 Å². The SMILES string of the molecule is Cc1ccc(NC(=O)C(=O)[C@H]2NC(=S)SC2=O)cc1. The van der Waals surface area contributed by atoms with Gasteiger partial charge in [-0.15, -0.1) is 0 Å². The van der Waals surface area contributed by atoms with Crippen molar-refractivity contribution in [3.8, 4) is 0 Å². The van der Waals surface area contributed by atoms with Crippen molar-refractivity contribution in [1.29, 1.82) is 0 Å². The summed E-state index contributed by atoms with van der Waals surface area (Å²) < 4.78 is 0.214. The molecule has 5 nitrogen and oxygen atoms in total. The topological polar surface area (TPSA) is 75.3 Å². The lowest BCUT2D eigenvalue weighted by molar-refractivity contribution is -0.137. The Kier molecular flexibility index (Phi) is 3.96. The van der Waals surface area contributed by atoms with Crippen LogP contribution >= 0.6 is 24.0 Å². The van der Waals surface area contributed by atoms with Crippen LogP contribution in [0.25, 0.3) is 0 Å². The molecule has 0 unspecified atom stereocenters. The second-order valence-electron chi connectivity index (χ2n) is 3.97. The van der Waals surface area contributed by atoms with Crippen molar-refractivity contribution in [2.75, 3.05) is 5.32 Å². The van der Waals surface area contributed by atoms with Crippen LogP contribution in [0, 0.1) is 6.92 Å². The number of hydrogen-bond acceptors (Lipinski definition) is 5. The summed E-state index contributed by atoms with van der Waals surface area (Å²) in [6.45, 7) is 1.91. The van der Waals surface area contributed by atoms with Crippen molar-refractivity contribution >= 4 is 50.8 Å². The van der Waals surface area contributed by atoms with Crippen LogP contribution in [0.4, 0.5) is 5.69 Å². The zero-order valence-electron chi connectivity index (χ0n) is 9.93. The number of nitrogens with one attached hydrogen (secondary N) is 2. The fourth-order valence-corrected chi connectivity index (χ4v) is 2.50. The van der Waals surface area contributed by atoms with E-state index in [0.717, 1.165) is 17.3 Å². The first-order chi connectivity index (χ1) is 8.97. The van der Waals surface area contributed by atoms with Gasteiger partial charge < -0.3 is 10.6 Å². The number of ketones is 1. The Morgan fingerprint density at radius 3 is 2.47 bits per heavy atom. The summed E-state index contributed by atoms with van der Waals surface area (Å²) in [5, 5.41) is 4.51. The number of carbonyl (C=O) groups is 3. The van der Waals surface area contributed by atoms with Crippen LogP contribution in [0.5, 0.6) is 0 Å². The van der Waals surface area contributed by atoms with Crippen molar-refractivity contribution in [1.82, 2.24) is 5.32 Å². The van der Waals surface area contributed by atoms with E-state index in [1.165, 1.54) is 0 Å². The molecule has 1 aromatic carbocycles. The molecule has 1 heterocycles. The van der Waals surface area contributed by atoms with E-state index in [1.54, 1.807) is 12.1 Å². The molecule has 2 N–H and O–H groups in total. The second kappa shape index (κ2) is 5.50. The molecule has 1 saturated heterocycles. The van der Waals surface area contributed by atoms with E-state index in [-0.39, 0.29) is 4.32 Å². The summed E-state index contributed by atoms with van der Waals surface area (Å²) in [6, 6.07) is 5.81. The van der Waals surface area contributed by atoms with Gasteiger partial charge in [-0.1, -0.05) is 29.9 Å². The van der Waals surface area contributed by atoms with E-state index < -0.39 is 22.8 Å². The highest BCUT2D eigenvalue weighted by atomic mass is 32.2. The molecule has 1 fully saturated rings. The van der Waals surface area contributed by atoms with E-state index in [2.05, 4.69) is 10.6 Å². The minimum atomic E-state index is -1.18.